The van der Waals surface area contributed by atoms with Gasteiger partial charge in [-0.05, 0) is 18.6 Å². The van der Waals surface area contributed by atoms with Crippen LogP contribution in [0.25, 0.3) is 0 Å². The molecule has 4 nitrogen and oxygen atoms in total. The van der Waals surface area contributed by atoms with Gasteiger partial charge in [-0.3, -0.25) is 4.79 Å². The number of aliphatic hydroxyl groups excluding tert-OH is 1. The smallest absolute Gasteiger partial charge is 0.213 e. The molecule has 1 unspecified atom stereocenters. The number of methoxy groups -OCH3 is 1. The second-order valence-electron chi connectivity index (χ2n) is 3.22. The van der Waals surface area contributed by atoms with Crippen molar-refractivity contribution >= 4 is 5.78 Å². The molecule has 15 heavy (non-hydrogen) atoms. The molecule has 1 aromatic rings. The van der Waals surface area contributed by atoms with Crippen LogP contribution in [0.4, 0.5) is 0 Å². The minimum Gasteiger partial charge on any atom is -0.494 e. The summed E-state index contributed by atoms with van der Waals surface area (Å²) in [4.78, 5) is 15.6. The summed E-state index contributed by atoms with van der Waals surface area (Å²) in [6, 6.07) is 3.33. The van der Waals surface area contributed by atoms with Crippen LogP contribution < -0.4 is 4.74 Å². The summed E-state index contributed by atoms with van der Waals surface area (Å²) in [6.45, 7) is 1.91. The monoisotopic (exact) mass is 209 g/mol. The molecule has 1 rings (SSSR count). The van der Waals surface area contributed by atoms with Gasteiger partial charge in [0.2, 0.25) is 5.78 Å². The van der Waals surface area contributed by atoms with Gasteiger partial charge in [-0.25, -0.2) is 4.98 Å². The van der Waals surface area contributed by atoms with Gasteiger partial charge in [0.05, 0.1) is 7.11 Å². The van der Waals surface area contributed by atoms with Crippen molar-refractivity contribution in [2.45, 2.75) is 25.9 Å². The van der Waals surface area contributed by atoms with Crippen molar-refractivity contribution in [3.63, 3.8) is 0 Å². The number of hydrogen-bond acceptors (Lipinski definition) is 4. The van der Waals surface area contributed by atoms with Crippen LogP contribution in [0, 0.1) is 0 Å². The Balaban J connectivity index is 2.90. The lowest BCUT2D eigenvalue weighted by atomic mass is 10.1. The van der Waals surface area contributed by atoms with Gasteiger partial charge < -0.3 is 9.84 Å². The Morgan fingerprint density at radius 3 is 3.00 bits per heavy atom. The fraction of sp³-hybridized carbons (Fsp3) is 0.455. The van der Waals surface area contributed by atoms with E-state index in [2.05, 4.69) is 4.98 Å². The number of carbonyl (C=O) groups is 1. The molecule has 1 N–H and O–H groups in total. The molecule has 1 heterocycles. The number of hydrogen-bond donors (Lipinski definition) is 1. The quantitative estimate of drug-likeness (QED) is 0.745. The van der Waals surface area contributed by atoms with Gasteiger partial charge in [-0.15, -0.1) is 0 Å². The van der Waals surface area contributed by atoms with Crippen molar-refractivity contribution in [2.75, 3.05) is 7.11 Å². The number of carbonyl (C=O) groups excluding carboxylic acids is 1. The van der Waals surface area contributed by atoms with E-state index in [-0.39, 0.29) is 11.5 Å². The molecule has 1 atom stereocenters. The second kappa shape index (κ2) is 5.46. The average Bonchev–Trinajstić information content (AvgIpc) is 2.28. The highest BCUT2D eigenvalue weighted by atomic mass is 16.5. The van der Waals surface area contributed by atoms with E-state index < -0.39 is 6.10 Å². The maximum atomic E-state index is 11.7. The molecule has 4 heteroatoms. The van der Waals surface area contributed by atoms with E-state index in [1.54, 1.807) is 12.1 Å². The van der Waals surface area contributed by atoms with E-state index in [0.29, 0.717) is 12.2 Å². The third-order valence-corrected chi connectivity index (χ3v) is 2.09. The van der Waals surface area contributed by atoms with Crippen molar-refractivity contribution in [2.24, 2.45) is 0 Å². The average molecular weight is 209 g/mol. The van der Waals surface area contributed by atoms with Crippen LogP contribution in [-0.2, 0) is 0 Å². The molecule has 82 valence electrons. The number of Topliss-reactive ketones (excluding diaryl/α,β-unsaturated/α-hetero) is 1. The largest absolute Gasteiger partial charge is 0.494 e. The van der Waals surface area contributed by atoms with Crippen molar-refractivity contribution in [3.8, 4) is 5.75 Å². The minimum atomic E-state index is -0.987. The Bertz CT molecular complexity index is 338. The second-order valence-corrected chi connectivity index (χ2v) is 3.22. The Hall–Kier alpha value is -1.42. The van der Waals surface area contributed by atoms with Crippen molar-refractivity contribution in [1.29, 1.82) is 0 Å². The molecule has 0 radical (unpaired) electrons. The van der Waals surface area contributed by atoms with E-state index in [1.165, 1.54) is 13.3 Å². The molecule has 0 fully saturated rings. The van der Waals surface area contributed by atoms with E-state index in [9.17, 15) is 9.90 Å². The zero-order chi connectivity index (χ0) is 11.3. The third kappa shape index (κ3) is 2.76. The van der Waals surface area contributed by atoms with Crippen LogP contribution in [0.15, 0.2) is 18.3 Å². The Morgan fingerprint density at radius 2 is 2.40 bits per heavy atom. The molecule has 0 amide bonds. The molecule has 0 spiro atoms. The standard InChI is InChI=1S/C11H15NO3/c1-3-5-8(13)11(14)10-9(15-2)6-4-7-12-10/h4,6-8,13H,3,5H2,1-2H3. The maximum absolute atomic E-state index is 11.7. The summed E-state index contributed by atoms with van der Waals surface area (Å²) in [7, 11) is 1.47. The van der Waals surface area contributed by atoms with Crippen molar-refractivity contribution in [1.82, 2.24) is 4.98 Å². The number of ketones is 1. The lowest BCUT2D eigenvalue weighted by molar-refractivity contribution is 0.0720. The van der Waals surface area contributed by atoms with Gasteiger partial charge >= 0.3 is 0 Å². The summed E-state index contributed by atoms with van der Waals surface area (Å²) in [5, 5.41) is 9.55. The van der Waals surface area contributed by atoms with Crippen molar-refractivity contribution < 1.29 is 14.6 Å². The van der Waals surface area contributed by atoms with E-state index >= 15 is 0 Å². The van der Waals surface area contributed by atoms with Crippen LogP contribution in [0.3, 0.4) is 0 Å². The van der Waals surface area contributed by atoms with Crippen molar-refractivity contribution in [3.05, 3.63) is 24.0 Å². The predicted molar refractivity (Wildman–Crippen MR) is 56.0 cm³/mol. The minimum absolute atomic E-state index is 0.195. The molecule has 0 saturated carbocycles. The van der Waals surface area contributed by atoms with Crippen LogP contribution in [0.5, 0.6) is 5.75 Å². The lowest BCUT2D eigenvalue weighted by Gasteiger charge is -2.10. The Kier molecular flexibility index (Phi) is 4.24. The van der Waals surface area contributed by atoms with Crippen LogP contribution in [0.1, 0.15) is 30.3 Å². The highest BCUT2D eigenvalue weighted by Gasteiger charge is 2.20. The number of nitrogens with zero attached hydrogens (tertiary/aromatic N) is 1. The molecule has 0 aliphatic heterocycles. The predicted octanol–water partition coefficient (Wildman–Crippen LogP) is 1.43. The van der Waals surface area contributed by atoms with E-state index in [0.717, 1.165) is 6.42 Å². The zero-order valence-electron chi connectivity index (χ0n) is 8.93. The first kappa shape index (κ1) is 11.7. The van der Waals surface area contributed by atoms with Gasteiger partial charge in [0.25, 0.3) is 0 Å². The highest BCUT2D eigenvalue weighted by molar-refractivity contribution is 5.99. The number of aromatic nitrogens is 1. The Labute approximate surface area is 88.9 Å². The molecule has 1 aromatic heterocycles. The number of pyridine rings is 1. The number of ether oxygens (including phenoxy) is 1. The molecule has 0 aliphatic rings. The number of aliphatic hydroxyl groups is 1. The number of rotatable bonds is 5. The zero-order valence-corrected chi connectivity index (χ0v) is 8.93. The first-order valence-electron chi connectivity index (χ1n) is 4.92. The summed E-state index contributed by atoms with van der Waals surface area (Å²) >= 11 is 0. The van der Waals surface area contributed by atoms with Crippen LogP contribution in [-0.4, -0.2) is 29.1 Å². The Morgan fingerprint density at radius 1 is 1.67 bits per heavy atom. The third-order valence-electron chi connectivity index (χ3n) is 2.09. The normalized spacial score (nSPS) is 12.2. The van der Waals surface area contributed by atoms with E-state index in [4.69, 9.17) is 4.74 Å². The fourth-order valence-corrected chi connectivity index (χ4v) is 1.30. The van der Waals surface area contributed by atoms with Crippen LogP contribution >= 0.6 is 0 Å². The topological polar surface area (TPSA) is 59.4 Å². The lowest BCUT2D eigenvalue weighted by Crippen LogP contribution is -2.21. The first-order valence-corrected chi connectivity index (χ1v) is 4.92. The molecular weight excluding hydrogens is 194 g/mol. The molecule has 0 saturated heterocycles. The van der Waals surface area contributed by atoms with Gasteiger partial charge in [-0.1, -0.05) is 13.3 Å². The SMILES string of the molecule is CCCC(O)C(=O)c1ncccc1OC. The molecule has 0 aromatic carbocycles. The first-order chi connectivity index (χ1) is 7.20. The molecular formula is C11H15NO3. The maximum Gasteiger partial charge on any atom is 0.213 e. The molecule has 0 bridgehead atoms. The van der Waals surface area contributed by atoms with Gasteiger partial charge in [0, 0.05) is 6.20 Å². The van der Waals surface area contributed by atoms with E-state index in [1.807, 2.05) is 6.92 Å². The van der Waals surface area contributed by atoms with Gasteiger partial charge in [-0.2, -0.15) is 0 Å². The fourth-order valence-electron chi connectivity index (χ4n) is 1.30. The van der Waals surface area contributed by atoms with Gasteiger partial charge in [0.15, 0.2) is 5.69 Å². The molecule has 0 aliphatic carbocycles. The highest BCUT2D eigenvalue weighted by Crippen LogP contribution is 2.17. The summed E-state index contributed by atoms with van der Waals surface area (Å²) in [5.74, 6) is 0.0203. The van der Waals surface area contributed by atoms with Crippen LogP contribution in [0.2, 0.25) is 0 Å². The van der Waals surface area contributed by atoms with Gasteiger partial charge in [0.1, 0.15) is 11.9 Å². The summed E-state index contributed by atoms with van der Waals surface area (Å²) in [5.41, 5.74) is 0.195. The summed E-state index contributed by atoms with van der Waals surface area (Å²) < 4.78 is 5.00. The summed E-state index contributed by atoms with van der Waals surface area (Å²) in [6.07, 6.45) is 1.72.